The van der Waals surface area contributed by atoms with Crippen molar-refractivity contribution in [1.82, 2.24) is 4.72 Å². The Labute approximate surface area is 166 Å². The van der Waals surface area contributed by atoms with Gasteiger partial charge in [-0.15, -0.1) is 0 Å². The Morgan fingerprint density at radius 2 is 1.76 bits per heavy atom. The molecule has 2 N–H and O–H groups in total. The molecular weight excluding hydrogens is 471 g/mol. The minimum atomic E-state index is -3.76. The first-order chi connectivity index (χ1) is 11.9. The zero-order valence-corrected chi connectivity index (χ0v) is 17.4. The fraction of sp³-hybridized carbons (Fsp3) is 0.235. The van der Waals surface area contributed by atoms with Gasteiger partial charge in [0.2, 0.25) is 15.9 Å². The van der Waals surface area contributed by atoms with E-state index in [1.54, 1.807) is 42.1 Å². The highest BCUT2D eigenvalue weighted by molar-refractivity contribution is 14.1. The third-order valence-corrected chi connectivity index (χ3v) is 6.24. The molecule has 0 aliphatic heterocycles. The van der Waals surface area contributed by atoms with E-state index >= 15 is 0 Å². The molecule has 2 rings (SSSR count). The van der Waals surface area contributed by atoms with Gasteiger partial charge in [-0.05, 0) is 77.4 Å². The number of sulfonamides is 1. The third kappa shape index (κ3) is 6.28. The van der Waals surface area contributed by atoms with Crippen LogP contribution >= 0.6 is 34.4 Å². The first kappa shape index (κ1) is 20.2. The van der Waals surface area contributed by atoms with E-state index in [1.807, 2.05) is 18.4 Å². The van der Waals surface area contributed by atoms with Crippen LogP contribution in [0.2, 0.25) is 0 Å². The lowest BCUT2D eigenvalue weighted by Crippen LogP contribution is -2.44. The summed E-state index contributed by atoms with van der Waals surface area (Å²) in [6.45, 7) is 0. The molecule has 25 heavy (non-hydrogen) atoms. The van der Waals surface area contributed by atoms with Gasteiger partial charge in [0, 0.05) is 9.26 Å². The van der Waals surface area contributed by atoms with Crippen LogP contribution in [-0.2, 0) is 14.8 Å². The summed E-state index contributed by atoms with van der Waals surface area (Å²) in [4.78, 5) is 12.7. The van der Waals surface area contributed by atoms with Gasteiger partial charge in [0.05, 0.1) is 4.90 Å². The molecule has 2 aromatic rings. The Balaban J connectivity index is 2.14. The summed E-state index contributed by atoms with van der Waals surface area (Å²) in [6.07, 6.45) is 2.32. The molecule has 0 saturated carbocycles. The molecule has 8 heteroatoms. The fourth-order valence-electron chi connectivity index (χ4n) is 2.10. The molecule has 0 bridgehead atoms. The van der Waals surface area contributed by atoms with Crippen molar-refractivity contribution in [2.45, 2.75) is 17.4 Å². The molecule has 0 heterocycles. The van der Waals surface area contributed by atoms with Crippen LogP contribution in [-0.4, -0.2) is 32.4 Å². The van der Waals surface area contributed by atoms with Gasteiger partial charge in [-0.25, -0.2) is 8.42 Å². The van der Waals surface area contributed by atoms with E-state index in [9.17, 15) is 13.2 Å². The molecule has 2 aromatic carbocycles. The van der Waals surface area contributed by atoms with Crippen LogP contribution in [0.1, 0.15) is 6.42 Å². The first-order valence-electron chi connectivity index (χ1n) is 7.55. The quantitative estimate of drug-likeness (QED) is 0.557. The van der Waals surface area contributed by atoms with E-state index in [1.165, 1.54) is 12.1 Å². The van der Waals surface area contributed by atoms with Gasteiger partial charge in [-0.1, -0.05) is 18.2 Å². The number of rotatable bonds is 8. The summed E-state index contributed by atoms with van der Waals surface area (Å²) in [7, 11) is -3.76. The summed E-state index contributed by atoms with van der Waals surface area (Å²) in [6, 6.07) is 14.5. The predicted molar refractivity (Wildman–Crippen MR) is 111 cm³/mol. The van der Waals surface area contributed by atoms with E-state index in [-0.39, 0.29) is 10.8 Å². The van der Waals surface area contributed by atoms with E-state index in [2.05, 4.69) is 32.6 Å². The number of hydrogen-bond acceptors (Lipinski definition) is 4. The lowest BCUT2D eigenvalue weighted by Gasteiger charge is -2.18. The largest absolute Gasteiger partial charge is 0.325 e. The Morgan fingerprint density at radius 1 is 1.12 bits per heavy atom. The van der Waals surface area contributed by atoms with Gasteiger partial charge in [0.25, 0.3) is 0 Å². The molecule has 0 saturated heterocycles. The average molecular weight is 490 g/mol. The lowest BCUT2D eigenvalue weighted by atomic mass is 10.2. The van der Waals surface area contributed by atoms with Crippen LogP contribution in [0.3, 0.4) is 0 Å². The number of halogens is 1. The van der Waals surface area contributed by atoms with Crippen LogP contribution < -0.4 is 10.0 Å². The lowest BCUT2D eigenvalue weighted by molar-refractivity contribution is -0.117. The molecular formula is C17H19IN2O3S2. The second-order valence-electron chi connectivity index (χ2n) is 5.26. The van der Waals surface area contributed by atoms with Crippen molar-refractivity contribution in [2.75, 3.05) is 17.3 Å². The summed E-state index contributed by atoms with van der Waals surface area (Å²) in [5.41, 5.74) is 0.637. The number of anilines is 1. The van der Waals surface area contributed by atoms with Crippen molar-refractivity contribution < 1.29 is 13.2 Å². The summed E-state index contributed by atoms with van der Waals surface area (Å²) >= 11 is 3.74. The van der Waals surface area contributed by atoms with Crippen molar-refractivity contribution in [3.05, 3.63) is 58.2 Å². The maximum absolute atomic E-state index is 12.6. The van der Waals surface area contributed by atoms with Gasteiger partial charge in [-0.3, -0.25) is 4.79 Å². The van der Waals surface area contributed by atoms with Crippen molar-refractivity contribution in [2.24, 2.45) is 0 Å². The highest BCUT2D eigenvalue weighted by Gasteiger charge is 2.25. The van der Waals surface area contributed by atoms with Crippen LogP contribution in [0, 0.1) is 3.57 Å². The minimum Gasteiger partial charge on any atom is -0.325 e. The average Bonchev–Trinajstić information content (AvgIpc) is 2.61. The van der Waals surface area contributed by atoms with Gasteiger partial charge in [-0.2, -0.15) is 16.5 Å². The molecule has 5 nitrogen and oxygen atoms in total. The van der Waals surface area contributed by atoms with Crippen LogP contribution in [0.25, 0.3) is 0 Å². The fourth-order valence-corrected chi connectivity index (χ4v) is 4.18. The van der Waals surface area contributed by atoms with Gasteiger partial charge >= 0.3 is 0 Å². The number of thioether (sulfide) groups is 1. The van der Waals surface area contributed by atoms with E-state index < -0.39 is 16.1 Å². The molecule has 0 spiro atoms. The monoisotopic (exact) mass is 490 g/mol. The molecule has 1 unspecified atom stereocenters. The smallest absolute Gasteiger partial charge is 0.242 e. The normalized spacial score (nSPS) is 12.6. The zero-order chi connectivity index (χ0) is 18.3. The standard InChI is InChI=1S/C17H19IN2O3S2/c1-24-12-11-16(17(21)19-14-9-7-13(18)8-10-14)20-25(22,23)15-5-3-2-4-6-15/h2-10,16,20H,11-12H2,1H3,(H,19,21). The molecule has 0 radical (unpaired) electrons. The number of amides is 1. The van der Waals surface area contributed by atoms with Crippen LogP contribution in [0.15, 0.2) is 59.5 Å². The molecule has 134 valence electrons. The Morgan fingerprint density at radius 3 is 2.36 bits per heavy atom. The number of carbonyl (C=O) groups is 1. The zero-order valence-electron chi connectivity index (χ0n) is 13.6. The minimum absolute atomic E-state index is 0.145. The van der Waals surface area contributed by atoms with Crippen molar-refractivity contribution in [1.29, 1.82) is 0 Å². The third-order valence-electron chi connectivity index (χ3n) is 3.39. The van der Waals surface area contributed by atoms with Gasteiger partial charge < -0.3 is 5.32 Å². The number of carbonyl (C=O) groups excluding carboxylic acids is 1. The number of hydrogen-bond donors (Lipinski definition) is 2. The van der Waals surface area contributed by atoms with Gasteiger partial charge in [0.1, 0.15) is 6.04 Å². The van der Waals surface area contributed by atoms with E-state index in [4.69, 9.17) is 0 Å². The first-order valence-corrected chi connectivity index (χ1v) is 11.5. The molecule has 0 aliphatic carbocycles. The molecule has 0 aromatic heterocycles. The Hall–Kier alpha value is -1.10. The summed E-state index contributed by atoms with van der Waals surface area (Å²) < 4.78 is 28.6. The maximum Gasteiger partial charge on any atom is 0.242 e. The van der Waals surface area contributed by atoms with E-state index in [0.29, 0.717) is 17.9 Å². The van der Waals surface area contributed by atoms with Crippen LogP contribution in [0.5, 0.6) is 0 Å². The van der Waals surface area contributed by atoms with Crippen LogP contribution in [0.4, 0.5) is 5.69 Å². The Bertz CT molecular complexity index is 796. The summed E-state index contributed by atoms with van der Waals surface area (Å²) in [5.74, 6) is 0.303. The van der Waals surface area contributed by atoms with E-state index in [0.717, 1.165) is 3.57 Å². The van der Waals surface area contributed by atoms with Crippen molar-refractivity contribution in [3.8, 4) is 0 Å². The highest BCUT2D eigenvalue weighted by Crippen LogP contribution is 2.14. The molecule has 0 fully saturated rings. The second kappa shape index (κ2) is 9.56. The van der Waals surface area contributed by atoms with Crippen molar-refractivity contribution >= 4 is 56.0 Å². The molecule has 1 amide bonds. The SMILES string of the molecule is CSCCC(NS(=O)(=O)c1ccccc1)C(=O)Nc1ccc(I)cc1. The predicted octanol–water partition coefficient (Wildman–Crippen LogP) is 3.33. The highest BCUT2D eigenvalue weighted by atomic mass is 127. The Kier molecular flexibility index (Phi) is 7.73. The topological polar surface area (TPSA) is 75.3 Å². The van der Waals surface area contributed by atoms with Gasteiger partial charge in [0.15, 0.2) is 0 Å². The van der Waals surface area contributed by atoms with Crippen molar-refractivity contribution in [3.63, 3.8) is 0 Å². The maximum atomic E-state index is 12.6. The summed E-state index contributed by atoms with van der Waals surface area (Å²) in [5, 5.41) is 2.77. The number of nitrogens with one attached hydrogen (secondary N) is 2. The second-order valence-corrected chi connectivity index (χ2v) is 9.21. The number of benzene rings is 2. The molecule has 0 aliphatic rings. The molecule has 1 atom stereocenters.